The third-order valence-electron chi connectivity index (χ3n) is 8.95. The lowest BCUT2D eigenvalue weighted by atomic mass is 9.49. The molecule has 0 radical (unpaired) electrons. The van der Waals surface area contributed by atoms with Gasteiger partial charge in [0.15, 0.2) is 5.65 Å². The predicted octanol–water partition coefficient (Wildman–Crippen LogP) is 4.37. The molecule has 3 aromatic heterocycles. The van der Waals surface area contributed by atoms with Crippen LogP contribution in [0.3, 0.4) is 0 Å². The molecule has 9 nitrogen and oxygen atoms in total. The molecule has 1 aromatic carbocycles. The number of hydrogen-bond acceptors (Lipinski definition) is 5. The molecule has 0 spiro atoms. The summed E-state index contributed by atoms with van der Waals surface area (Å²) in [5, 5.41) is 12.6. The van der Waals surface area contributed by atoms with Gasteiger partial charge in [0.2, 0.25) is 11.9 Å². The van der Waals surface area contributed by atoms with Gasteiger partial charge in [0.05, 0.1) is 23.0 Å². The van der Waals surface area contributed by atoms with Crippen LogP contribution in [0.5, 0.6) is 0 Å². The zero-order valence-corrected chi connectivity index (χ0v) is 21.4. The predicted molar refractivity (Wildman–Crippen MR) is 140 cm³/mol. The number of carbonyl (C=O) groups is 1. The zero-order chi connectivity index (χ0) is 25.5. The number of aromatic amines is 1. The van der Waals surface area contributed by atoms with E-state index < -0.39 is 0 Å². The molecule has 4 fully saturated rings. The van der Waals surface area contributed by atoms with Crippen LogP contribution in [0.15, 0.2) is 35.3 Å². The minimum atomic E-state index is -0.304. The highest BCUT2D eigenvalue weighted by Gasteiger charge is 2.54. The van der Waals surface area contributed by atoms with Gasteiger partial charge in [-0.25, -0.2) is 4.68 Å². The average molecular weight is 498 g/mol. The van der Waals surface area contributed by atoms with E-state index in [9.17, 15) is 9.59 Å². The zero-order valence-electron chi connectivity index (χ0n) is 21.4. The van der Waals surface area contributed by atoms with E-state index in [1.165, 1.54) is 35.7 Å². The lowest BCUT2D eigenvalue weighted by Gasteiger charge is -2.55. The molecule has 4 aliphatic carbocycles. The Morgan fingerprint density at radius 3 is 2.38 bits per heavy atom. The van der Waals surface area contributed by atoms with E-state index in [1.807, 2.05) is 38.1 Å². The number of hydrogen-bond donors (Lipinski definition) is 2. The summed E-state index contributed by atoms with van der Waals surface area (Å²) in [6.45, 7) is 5.97. The average Bonchev–Trinajstić information content (AvgIpc) is 3.43. The Labute approximate surface area is 214 Å². The molecule has 9 heteroatoms. The number of benzene rings is 1. The lowest BCUT2D eigenvalue weighted by Crippen LogP contribution is -2.51. The number of nitrogens with one attached hydrogen (secondary N) is 2. The summed E-state index contributed by atoms with van der Waals surface area (Å²) >= 11 is 0. The molecule has 0 unspecified atom stereocenters. The van der Waals surface area contributed by atoms with Crippen LogP contribution in [-0.2, 0) is 4.79 Å². The van der Waals surface area contributed by atoms with Gasteiger partial charge in [-0.15, -0.1) is 0 Å². The molecule has 0 aliphatic heterocycles. The molecular weight excluding hydrogens is 466 g/mol. The Hall–Kier alpha value is -3.75. The van der Waals surface area contributed by atoms with Crippen LogP contribution < -0.4 is 10.9 Å². The Kier molecular flexibility index (Phi) is 4.78. The van der Waals surface area contributed by atoms with Crippen molar-refractivity contribution in [2.45, 2.75) is 59.3 Å². The second kappa shape index (κ2) is 7.87. The molecule has 4 aliphatic rings. The first-order valence-electron chi connectivity index (χ1n) is 13.2. The molecule has 4 aromatic rings. The number of anilines is 1. The molecule has 4 bridgehead atoms. The van der Waals surface area contributed by atoms with Gasteiger partial charge in [0.25, 0.3) is 5.56 Å². The van der Waals surface area contributed by atoms with Crippen molar-refractivity contribution < 1.29 is 4.79 Å². The van der Waals surface area contributed by atoms with Crippen molar-refractivity contribution in [3.63, 3.8) is 0 Å². The third kappa shape index (κ3) is 3.54. The smallest absolute Gasteiger partial charge is 0.263 e. The van der Waals surface area contributed by atoms with Crippen molar-refractivity contribution in [3.05, 3.63) is 57.6 Å². The highest BCUT2D eigenvalue weighted by Crippen LogP contribution is 2.60. The van der Waals surface area contributed by atoms with E-state index in [0.717, 1.165) is 36.2 Å². The Morgan fingerprint density at radius 1 is 1.00 bits per heavy atom. The molecule has 3 heterocycles. The van der Waals surface area contributed by atoms with Crippen molar-refractivity contribution >= 4 is 22.8 Å². The van der Waals surface area contributed by atoms with Crippen LogP contribution in [-0.4, -0.2) is 35.4 Å². The number of carbonyl (C=O) groups excluding carboxylic acids is 1. The van der Waals surface area contributed by atoms with Crippen LogP contribution in [0.25, 0.3) is 22.7 Å². The summed E-state index contributed by atoms with van der Waals surface area (Å²) in [6.07, 6.45) is 8.31. The molecular formula is C28H31N7O2. The highest BCUT2D eigenvalue weighted by molar-refractivity contribution is 5.95. The quantitative estimate of drug-likeness (QED) is 0.435. The monoisotopic (exact) mass is 497 g/mol. The first kappa shape index (κ1) is 22.4. The number of amides is 1. The summed E-state index contributed by atoms with van der Waals surface area (Å²) < 4.78 is 3.21. The number of aromatic nitrogens is 6. The van der Waals surface area contributed by atoms with Crippen LogP contribution >= 0.6 is 0 Å². The Bertz CT molecular complexity index is 1590. The number of H-pyrrole nitrogens is 1. The van der Waals surface area contributed by atoms with Crippen molar-refractivity contribution in [1.82, 2.24) is 29.5 Å². The maximum atomic E-state index is 13.7. The van der Waals surface area contributed by atoms with Gasteiger partial charge >= 0.3 is 0 Å². The minimum Gasteiger partial charge on any atom is -0.310 e. The standard InChI is InChI=1S/C28H31N7O2/c1-15-4-5-21(6-16(15)2)34-24-22(14-29-34)25(36)32-27(31-24)35-23(7-17(3)33-35)30-26(37)28-11-18-8-19(12-28)10-20(9-18)13-28/h4-7,14,18-20H,8-13H2,1-3H3,(H,30,37)(H,31,32,36). The molecule has 37 heavy (non-hydrogen) atoms. The van der Waals surface area contributed by atoms with Crippen LogP contribution in [0.1, 0.15) is 55.3 Å². The van der Waals surface area contributed by atoms with Gasteiger partial charge in [-0.2, -0.15) is 19.9 Å². The first-order valence-corrected chi connectivity index (χ1v) is 13.2. The van der Waals surface area contributed by atoms with Gasteiger partial charge < -0.3 is 5.32 Å². The van der Waals surface area contributed by atoms with Gasteiger partial charge in [0, 0.05) is 6.07 Å². The van der Waals surface area contributed by atoms with E-state index in [4.69, 9.17) is 4.98 Å². The van der Waals surface area contributed by atoms with E-state index in [0.29, 0.717) is 34.6 Å². The molecule has 0 saturated heterocycles. The summed E-state index contributed by atoms with van der Waals surface area (Å²) in [5.41, 5.74) is 3.71. The van der Waals surface area contributed by atoms with Gasteiger partial charge in [-0.3, -0.25) is 14.6 Å². The second-order valence-electron chi connectivity index (χ2n) is 11.7. The number of nitrogens with zero attached hydrogens (tertiary/aromatic N) is 5. The van der Waals surface area contributed by atoms with Crippen LogP contribution in [0.4, 0.5) is 5.82 Å². The minimum absolute atomic E-state index is 0.0800. The Morgan fingerprint density at radius 2 is 1.70 bits per heavy atom. The molecule has 8 rings (SSSR count). The molecule has 2 N–H and O–H groups in total. The second-order valence-corrected chi connectivity index (χ2v) is 11.7. The van der Waals surface area contributed by atoms with Crippen molar-refractivity contribution in [3.8, 4) is 11.6 Å². The number of rotatable bonds is 4. The fourth-order valence-corrected chi connectivity index (χ4v) is 7.44. The SMILES string of the molecule is Cc1cc(NC(=O)C23CC4CC(CC(C4)C2)C3)n(-c2nc3c(cnn3-c3ccc(C)c(C)c3)c(=O)[nH]2)n1. The number of fused-ring (bicyclic) bond motifs is 1. The molecule has 190 valence electrons. The lowest BCUT2D eigenvalue weighted by molar-refractivity contribution is -0.140. The van der Waals surface area contributed by atoms with E-state index in [1.54, 1.807) is 4.68 Å². The van der Waals surface area contributed by atoms with Crippen molar-refractivity contribution in [2.24, 2.45) is 23.2 Å². The third-order valence-corrected chi connectivity index (χ3v) is 8.95. The van der Waals surface area contributed by atoms with E-state index in [-0.39, 0.29) is 22.8 Å². The summed E-state index contributed by atoms with van der Waals surface area (Å²) in [5.74, 6) is 2.88. The van der Waals surface area contributed by atoms with Crippen LogP contribution in [0.2, 0.25) is 0 Å². The summed E-state index contributed by atoms with van der Waals surface area (Å²) in [4.78, 5) is 34.4. The summed E-state index contributed by atoms with van der Waals surface area (Å²) in [7, 11) is 0. The van der Waals surface area contributed by atoms with Crippen molar-refractivity contribution in [2.75, 3.05) is 5.32 Å². The van der Waals surface area contributed by atoms with Crippen molar-refractivity contribution in [1.29, 1.82) is 0 Å². The first-order chi connectivity index (χ1) is 17.8. The highest BCUT2D eigenvalue weighted by atomic mass is 16.2. The van der Waals surface area contributed by atoms with Gasteiger partial charge in [-0.1, -0.05) is 6.07 Å². The topological polar surface area (TPSA) is 110 Å². The molecule has 0 atom stereocenters. The van der Waals surface area contributed by atoms with Crippen LogP contribution in [0, 0.1) is 43.9 Å². The fourth-order valence-electron chi connectivity index (χ4n) is 7.44. The largest absolute Gasteiger partial charge is 0.310 e. The van der Waals surface area contributed by atoms with E-state index >= 15 is 0 Å². The molecule has 1 amide bonds. The van der Waals surface area contributed by atoms with E-state index in [2.05, 4.69) is 27.4 Å². The van der Waals surface area contributed by atoms with Gasteiger partial charge in [0.1, 0.15) is 11.2 Å². The van der Waals surface area contributed by atoms with Gasteiger partial charge in [-0.05, 0) is 100 Å². The maximum absolute atomic E-state index is 13.7. The number of aryl methyl sites for hydroxylation is 3. The summed E-state index contributed by atoms with van der Waals surface area (Å²) in [6, 6.07) is 7.86. The fraction of sp³-hybridized carbons (Fsp3) is 0.464. The maximum Gasteiger partial charge on any atom is 0.263 e. The molecule has 4 saturated carbocycles. The Balaban J connectivity index is 1.27. The normalized spacial score (nSPS) is 26.2.